The van der Waals surface area contributed by atoms with Crippen LogP contribution in [0, 0.1) is 0 Å². The van der Waals surface area contributed by atoms with E-state index in [-0.39, 0.29) is 18.3 Å². The van der Waals surface area contributed by atoms with Gasteiger partial charge in [0, 0.05) is 0 Å². The van der Waals surface area contributed by atoms with E-state index in [1.54, 1.807) is 0 Å². The molecule has 1 aromatic heterocycles. The van der Waals surface area contributed by atoms with Crippen molar-refractivity contribution in [2.75, 3.05) is 13.2 Å². The molecule has 0 bridgehead atoms. The number of ether oxygens (including phenoxy) is 1. The smallest absolute Gasteiger partial charge is 0.460 e. The van der Waals surface area contributed by atoms with E-state index < -0.39 is 25.1 Å². The SMILES string of the molecule is O=c1oc(CO)c(OCC(O)CO)o1. The Morgan fingerprint density at radius 3 is 2.64 bits per heavy atom. The first-order valence-corrected chi connectivity index (χ1v) is 3.82. The number of hydrogen-bond acceptors (Lipinski definition) is 7. The Hall–Kier alpha value is -1.31. The van der Waals surface area contributed by atoms with Crippen LogP contribution in [0.3, 0.4) is 0 Å². The Bertz CT molecular complexity index is 325. The van der Waals surface area contributed by atoms with Crippen molar-refractivity contribution in [3.05, 3.63) is 16.4 Å². The average Bonchev–Trinajstić information content (AvgIpc) is 2.55. The Balaban J connectivity index is 2.61. The summed E-state index contributed by atoms with van der Waals surface area (Å²) in [5.74, 6) is -1.44. The largest absolute Gasteiger partial charge is 0.521 e. The summed E-state index contributed by atoms with van der Waals surface area (Å²) >= 11 is 0. The zero-order valence-corrected chi connectivity index (χ0v) is 7.17. The lowest BCUT2D eigenvalue weighted by Crippen LogP contribution is -2.21. The van der Waals surface area contributed by atoms with Gasteiger partial charge in [-0.15, -0.1) is 0 Å². The van der Waals surface area contributed by atoms with E-state index in [1.165, 1.54) is 0 Å². The van der Waals surface area contributed by atoms with Gasteiger partial charge in [-0.2, -0.15) is 0 Å². The Morgan fingerprint density at radius 2 is 2.07 bits per heavy atom. The van der Waals surface area contributed by atoms with Crippen LogP contribution in [0.25, 0.3) is 0 Å². The molecule has 1 heterocycles. The van der Waals surface area contributed by atoms with E-state index in [0.717, 1.165) is 0 Å². The van der Waals surface area contributed by atoms with Crippen molar-refractivity contribution >= 4 is 0 Å². The molecular weight excluding hydrogens is 196 g/mol. The van der Waals surface area contributed by atoms with Crippen molar-refractivity contribution in [1.29, 1.82) is 0 Å². The minimum Gasteiger partial charge on any atom is -0.460 e. The molecule has 80 valence electrons. The highest BCUT2D eigenvalue weighted by Gasteiger charge is 2.14. The molecule has 0 aromatic carbocycles. The molecular formula is C7H10O7. The molecule has 1 aromatic rings. The molecule has 1 unspecified atom stereocenters. The second-order valence-corrected chi connectivity index (χ2v) is 2.47. The molecule has 0 saturated carbocycles. The van der Waals surface area contributed by atoms with Gasteiger partial charge >= 0.3 is 11.8 Å². The van der Waals surface area contributed by atoms with Crippen LogP contribution < -0.4 is 10.6 Å². The van der Waals surface area contributed by atoms with Gasteiger partial charge in [0.1, 0.15) is 19.3 Å². The second kappa shape index (κ2) is 4.80. The van der Waals surface area contributed by atoms with Crippen molar-refractivity contribution in [2.45, 2.75) is 12.7 Å². The minimum absolute atomic E-state index is 0.153. The van der Waals surface area contributed by atoms with E-state index in [4.69, 9.17) is 20.1 Å². The van der Waals surface area contributed by atoms with E-state index in [9.17, 15) is 4.79 Å². The Labute approximate surface area is 78.1 Å². The lowest BCUT2D eigenvalue weighted by molar-refractivity contribution is 0.0438. The van der Waals surface area contributed by atoms with Crippen LogP contribution in [0.1, 0.15) is 5.76 Å². The molecule has 0 fully saturated rings. The lowest BCUT2D eigenvalue weighted by Gasteiger charge is -2.06. The molecule has 0 amide bonds. The quantitative estimate of drug-likeness (QED) is 0.534. The molecule has 0 aliphatic rings. The molecule has 3 N–H and O–H groups in total. The summed E-state index contributed by atoms with van der Waals surface area (Å²) in [4.78, 5) is 10.5. The van der Waals surface area contributed by atoms with Crippen LogP contribution in [0.5, 0.6) is 5.95 Å². The molecule has 7 nitrogen and oxygen atoms in total. The number of aliphatic hydroxyl groups excluding tert-OH is 3. The highest BCUT2D eigenvalue weighted by atomic mass is 16.7. The van der Waals surface area contributed by atoms with Crippen LogP contribution in [0.2, 0.25) is 0 Å². The number of hydrogen-bond donors (Lipinski definition) is 3. The summed E-state index contributed by atoms with van der Waals surface area (Å²) < 4.78 is 13.6. The van der Waals surface area contributed by atoms with Crippen LogP contribution in [0.4, 0.5) is 0 Å². The van der Waals surface area contributed by atoms with Crippen LogP contribution in [-0.4, -0.2) is 34.6 Å². The van der Waals surface area contributed by atoms with Crippen LogP contribution in [0.15, 0.2) is 13.6 Å². The minimum atomic E-state index is -1.08. The van der Waals surface area contributed by atoms with E-state index in [1.807, 2.05) is 0 Å². The summed E-state index contributed by atoms with van der Waals surface area (Å²) in [6.07, 6.45) is -1.08. The molecule has 0 aliphatic carbocycles. The average molecular weight is 206 g/mol. The third-order valence-electron chi connectivity index (χ3n) is 1.37. The highest BCUT2D eigenvalue weighted by Crippen LogP contribution is 2.16. The van der Waals surface area contributed by atoms with Gasteiger partial charge < -0.3 is 28.9 Å². The highest BCUT2D eigenvalue weighted by molar-refractivity contribution is 5.08. The molecule has 0 saturated heterocycles. The molecule has 14 heavy (non-hydrogen) atoms. The molecule has 7 heteroatoms. The fraction of sp³-hybridized carbons (Fsp3) is 0.571. The summed E-state index contributed by atoms with van der Waals surface area (Å²) in [5, 5.41) is 26.0. The third-order valence-corrected chi connectivity index (χ3v) is 1.37. The second-order valence-electron chi connectivity index (χ2n) is 2.47. The molecule has 0 spiro atoms. The Morgan fingerprint density at radius 1 is 1.36 bits per heavy atom. The maximum atomic E-state index is 10.5. The first-order valence-electron chi connectivity index (χ1n) is 3.82. The first-order chi connectivity index (χ1) is 6.67. The van der Waals surface area contributed by atoms with Crippen molar-refractivity contribution in [3.8, 4) is 5.95 Å². The molecule has 1 rings (SSSR count). The topological polar surface area (TPSA) is 113 Å². The van der Waals surface area contributed by atoms with Gasteiger partial charge in [0.15, 0.2) is 0 Å². The van der Waals surface area contributed by atoms with Crippen LogP contribution in [-0.2, 0) is 6.61 Å². The van der Waals surface area contributed by atoms with E-state index in [2.05, 4.69) is 8.83 Å². The van der Waals surface area contributed by atoms with Gasteiger partial charge in [-0.3, -0.25) is 0 Å². The zero-order chi connectivity index (χ0) is 10.6. The van der Waals surface area contributed by atoms with Gasteiger partial charge in [-0.1, -0.05) is 0 Å². The number of aliphatic hydroxyl groups is 3. The maximum absolute atomic E-state index is 10.5. The third kappa shape index (κ3) is 2.59. The summed E-state index contributed by atoms with van der Waals surface area (Å²) in [5.41, 5.74) is 0. The van der Waals surface area contributed by atoms with Crippen molar-refractivity contribution in [2.24, 2.45) is 0 Å². The van der Waals surface area contributed by atoms with Crippen molar-refractivity contribution < 1.29 is 28.9 Å². The molecule has 0 aliphatic heterocycles. The fourth-order valence-corrected chi connectivity index (χ4v) is 0.727. The van der Waals surface area contributed by atoms with Crippen molar-refractivity contribution in [3.63, 3.8) is 0 Å². The van der Waals surface area contributed by atoms with Crippen LogP contribution >= 0.6 is 0 Å². The van der Waals surface area contributed by atoms with Gasteiger partial charge in [-0.05, 0) is 0 Å². The number of rotatable bonds is 5. The summed E-state index contributed by atoms with van der Waals surface area (Å²) in [6.45, 7) is -1.28. The predicted molar refractivity (Wildman–Crippen MR) is 41.8 cm³/mol. The maximum Gasteiger partial charge on any atom is 0.521 e. The summed E-state index contributed by atoms with van der Waals surface area (Å²) in [7, 11) is 0. The van der Waals surface area contributed by atoms with Crippen molar-refractivity contribution in [1.82, 2.24) is 0 Å². The predicted octanol–water partition coefficient (Wildman–Crippen LogP) is -1.54. The first kappa shape index (κ1) is 10.8. The standard InChI is InChI=1S/C7H10O7/c8-1-4(10)3-12-6-5(2-9)13-7(11)14-6/h4,8-10H,1-3H2. The van der Waals surface area contributed by atoms with Gasteiger partial charge in [0.25, 0.3) is 0 Å². The molecule has 1 atom stereocenters. The van der Waals surface area contributed by atoms with E-state index >= 15 is 0 Å². The fourth-order valence-electron chi connectivity index (χ4n) is 0.727. The Kier molecular flexibility index (Phi) is 3.69. The lowest BCUT2D eigenvalue weighted by atomic mass is 10.4. The van der Waals surface area contributed by atoms with Gasteiger partial charge in [0.2, 0.25) is 5.76 Å². The summed E-state index contributed by atoms with van der Waals surface area (Å²) in [6, 6.07) is 0. The monoisotopic (exact) mass is 206 g/mol. The normalized spacial score (nSPS) is 12.8. The zero-order valence-electron chi connectivity index (χ0n) is 7.17. The van der Waals surface area contributed by atoms with Gasteiger partial charge in [0.05, 0.1) is 6.61 Å². The molecule has 0 radical (unpaired) electrons. The van der Waals surface area contributed by atoms with E-state index in [0.29, 0.717) is 0 Å². The van der Waals surface area contributed by atoms with Gasteiger partial charge in [-0.25, -0.2) is 4.79 Å².